The van der Waals surface area contributed by atoms with E-state index in [1.807, 2.05) is 12.1 Å². The maximum absolute atomic E-state index is 13.1. The smallest absolute Gasteiger partial charge is 0.276 e. The number of carbonyl (C=O) groups excluding carboxylic acids is 1. The number of likely N-dealkylation sites (tertiary alicyclic amines) is 1. The largest absolute Gasteiger partial charge is 0.497 e. The summed E-state index contributed by atoms with van der Waals surface area (Å²) in [7, 11) is 1.69. The highest BCUT2D eigenvalue weighted by Crippen LogP contribution is 2.47. The van der Waals surface area contributed by atoms with Crippen molar-refractivity contribution in [3.8, 4) is 5.75 Å². The Morgan fingerprint density at radius 3 is 2.58 bits per heavy atom. The Morgan fingerprint density at radius 2 is 1.92 bits per heavy atom. The lowest BCUT2D eigenvalue weighted by Crippen LogP contribution is -2.60. The molecule has 0 saturated carbocycles. The minimum Gasteiger partial charge on any atom is -0.497 e. The first-order valence-corrected chi connectivity index (χ1v) is 9.35. The van der Waals surface area contributed by atoms with E-state index < -0.39 is 0 Å². The number of nitrogens with zero attached hydrogens (tertiary/aromatic N) is 3. The van der Waals surface area contributed by atoms with Gasteiger partial charge >= 0.3 is 0 Å². The van der Waals surface area contributed by atoms with Crippen molar-refractivity contribution < 1.29 is 14.1 Å². The average molecular weight is 353 g/mol. The van der Waals surface area contributed by atoms with Gasteiger partial charge in [-0.05, 0) is 49.5 Å². The van der Waals surface area contributed by atoms with Crippen molar-refractivity contribution >= 4 is 5.91 Å². The molecule has 6 heteroatoms. The zero-order valence-corrected chi connectivity index (χ0v) is 14.9. The van der Waals surface area contributed by atoms with Crippen LogP contribution in [-0.2, 0) is 0 Å². The van der Waals surface area contributed by atoms with Crippen LogP contribution in [0.4, 0.5) is 0 Å². The summed E-state index contributed by atoms with van der Waals surface area (Å²) >= 11 is 0. The van der Waals surface area contributed by atoms with E-state index >= 15 is 0 Å². The van der Waals surface area contributed by atoms with Crippen LogP contribution >= 0.6 is 0 Å². The number of ether oxygens (including phenoxy) is 1. The molecule has 4 aliphatic rings. The van der Waals surface area contributed by atoms with E-state index in [9.17, 15) is 4.79 Å². The molecule has 1 aromatic heterocycles. The Bertz CT molecular complexity index is 781. The first-order chi connectivity index (χ1) is 12.8. The Balaban J connectivity index is 1.51. The van der Waals surface area contributed by atoms with Gasteiger partial charge < -0.3 is 14.2 Å². The molecule has 5 heterocycles. The molecule has 3 atom stereocenters. The van der Waals surface area contributed by atoms with Crippen LogP contribution in [0.5, 0.6) is 5.75 Å². The van der Waals surface area contributed by atoms with Crippen molar-refractivity contribution in [1.29, 1.82) is 0 Å². The molecule has 6 rings (SSSR count). The number of aromatic nitrogens is 1. The highest BCUT2D eigenvalue weighted by atomic mass is 16.5. The monoisotopic (exact) mass is 353 g/mol. The molecular weight excluding hydrogens is 330 g/mol. The van der Waals surface area contributed by atoms with Crippen LogP contribution in [0.15, 0.2) is 41.1 Å². The highest BCUT2D eigenvalue weighted by Gasteiger charge is 2.54. The zero-order valence-electron chi connectivity index (χ0n) is 14.9. The Kier molecular flexibility index (Phi) is 3.74. The van der Waals surface area contributed by atoms with Crippen LogP contribution in [0, 0.1) is 5.92 Å². The van der Waals surface area contributed by atoms with Gasteiger partial charge in [-0.25, -0.2) is 0 Å². The average Bonchev–Trinajstić information content (AvgIpc) is 3.38. The molecule has 136 valence electrons. The van der Waals surface area contributed by atoms with Gasteiger partial charge in [-0.15, -0.1) is 0 Å². The molecule has 0 radical (unpaired) electrons. The SMILES string of the molecule is COc1ccc(C2CN(C(=O)c3ccon3)C3C4CCN(CC4)C23)cc1. The van der Waals surface area contributed by atoms with E-state index in [1.54, 1.807) is 13.2 Å². The van der Waals surface area contributed by atoms with E-state index in [-0.39, 0.29) is 11.9 Å². The third-order valence-corrected chi connectivity index (χ3v) is 6.46. The van der Waals surface area contributed by atoms with E-state index in [0.717, 1.165) is 25.4 Å². The third-order valence-electron chi connectivity index (χ3n) is 6.46. The third kappa shape index (κ3) is 2.35. The minimum atomic E-state index is -0.00138. The molecule has 26 heavy (non-hydrogen) atoms. The Labute approximate surface area is 152 Å². The van der Waals surface area contributed by atoms with Gasteiger partial charge in [0.2, 0.25) is 0 Å². The molecule has 1 amide bonds. The number of methoxy groups -OCH3 is 1. The van der Waals surface area contributed by atoms with Crippen molar-refractivity contribution in [2.75, 3.05) is 26.7 Å². The molecule has 1 aromatic carbocycles. The Hall–Kier alpha value is -2.34. The van der Waals surface area contributed by atoms with Crippen LogP contribution in [0.1, 0.15) is 34.8 Å². The summed E-state index contributed by atoms with van der Waals surface area (Å²) < 4.78 is 10.2. The standard InChI is InChI=1S/C20H23N3O3/c1-25-15-4-2-13(3-5-15)16-12-23(20(24)17-8-11-26-21-17)18-14-6-9-22(10-7-14)19(16)18/h2-5,8,11,14,16,18-19H,6-7,9-10,12H2,1H3. The predicted molar refractivity (Wildman–Crippen MR) is 95.1 cm³/mol. The molecule has 4 saturated heterocycles. The van der Waals surface area contributed by atoms with Crippen molar-refractivity contribution in [3.63, 3.8) is 0 Å². The lowest BCUT2D eigenvalue weighted by Gasteiger charge is -2.51. The number of amides is 1. The number of piperidine rings is 3. The number of hydrogen-bond acceptors (Lipinski definition) is 5. The predicted octanol–water partition coefficient (Wildman–Crippen LogP) is 2.39. The summed E-state index contributed by atoms with van der Waals surface area (Å²) in [5.41, 5.74) is 1.69. The molecule has 4 fully saturated rings. The van der Waals surface area contributed by atoms with Crippen molar-refractivity contribution in [3.05, 3.63) is 47.9 Å². The Morgan fingerprint density at radius 1 is 1.15 bits per heavy atom. The maximum atomic E-state index is 13.1. The summed E-state index contributed by atoms with van der Waals surface area (Å²) in [6.45, 7) is 3.02. The van der Waals surface area contributed by atoms with Gasteiger partial charge in [0.05, 0.1) is 13.2 Å². The van der Waals surface area contributed by atoms with Gasteiger partial charge in [-0.1, -0.05) is 17.3 Å². The summed E-state index contributed by atoms with van der Waals surface area (Å²) in [5.74, 6) is 1.77. The van der Waals surface area contributed by atoms with E-state index in [2.05, 4.69) is 27.1 Å². The molecule has 3 unspecified atom stereocenters. The van der Waals surface area contributed by atoms with Crippen molar-refractivity contribution in [1.82, 2.24) is 15.0 Å². The number of carbonyl (C=O) groups is 1. The minimum absolute atomic E-state index is 0.00138. The van der Waals surface area contributed by atoms with Gasteiger partial charge in [0.25, 0.3) is 5.91 Å². The van der Waals surface area contributed by atoms with Crippen molar-refractivity contribution in [2.24, 2.45) is 5.92 Å². The summed E-state index contributed by atoms with van der Waals surface area (Å²) in [6, 6.07) is 10.7. The quantitative estimate of drug-likeness (QED) is 0.848. The van der Waals surface area contributed by atoms with Gasteiger partial charge in [0.1, 0.15) is 12.0 Å². The van der Waals surface area contributed by atoms with Crippen LogP contribution < -0.4 is 4.74 Å². The van der Waals surface area contributed by atoms with Crippen LogP contribution in [-0.4, -0.2) is 59.7 Å². The molecule has 4 aliphatic heterocycles. The summed E-state index contributed by atoms with van der Waals surface area (Å²) in [4.78, 5) is 17.7. The molecule has 0 N–H and O–H groups in total. The second-order valence-electron chi connectivity index (χ2n) is 7.58. The van der Waals surface area contributed by atoms with Crippen LogP contribution in [0.2, 0.25) is 0 Å². The highest BCUT2D eigenvalue weighted by molar-refractivity contribution is 5.92. The maximum Gasteiger partial charge on any atom is 0.276 e. The van der Waals surface area contributed by atoms with E-state index in [1.165, 1.54) is 24.7 Å². The first kappa shape index (κ1) is 15.9. The number of rotatable bonds is 3. The topological polar surface area (TPSA) is 58.8 Å². The molecule has 0 spiro atoms. The fourth-order valence-electron chi connectivity index (χ4n) is 5.27. The number of benzene rings is 1. The summed E-state index contributed by atoms with van der Waals surface area (Å²) in [5, 5.41) is 3.88. The second-order valence-corrected chi connectivity index (χ2v) is 7.58. The fraction of sp³-hybridized carbons (Fsp3) is 0.500. The van der Waals surface area contributed by atoms with E-state index in [4.69, 9.17) is 9.26 Å². The van der Waals surface area contributed by atoms with Crippen LogP contribution in [0.3, 0.4) is 0 Å². The molecular formula is C20H23N3O3. The first-order valence-electron chi connectivity index (χ1n) is 9.35. The molecule has 2 bridgehead atoms. The molecule has 2 aromatic rings. The summed E-state index contributed by atoms with van der Waals surface area (Å²) in [6.07, 6.45) is 3.83. The number of fused-ring (bicyclic) bond motifs is 2. The van der Waals surface area contributed by atoms with Gasteiger partial charge in [0, 0.05) is 24.6 Å². The van der Waals surface area contributed by atoms with Gasteiger partial charge in [-0.3, -0.25) is 9.69 Å². The van der Waals surface area contributed by atoms with Gasteiger partial charge in [-0.2, -0.15) is 0 Å². The van der Waals surface area contributed by atoms with Crippen LogP contribution in [0.25, 0.3) is 0 Å². The van der Waals surface area contributed by atoms with Crippen molar-refractivity contribution in [2.45, 2.75) is 30.8 Å². The number of hydrogen-bond donors (Lipinski definition) is 0. The van der Waals surface area contributed by atoms with E-state index in [0.29, 0.717) is 23.6 Å². The zero-order chi connectivity index (χ0) is 17.7. The lowest BCUT2D eigenvalue weighted by atomic mass is 9.75. The van der Waals surface area contributed by atoms with Gasteiger partial charge in [0.15, 0.2) is 5.69 Å². The second kappa shape index (κ2) is 6.13. The molecule has 0 aliphatic carbocycles. The normalized spacial score (nSPS) is 32.5. The fourth-order valence-corrected chi connectivity index (χ4v) is 5.27. The lowest BCUT2D eigenvalue weighted by molar-refractivity contribution is -0.00369. The molecule has 6 nitrogen and oxygen atoms in total.